The molecule has 0 atom stereocenters. The van der Waals surface area contributed by atoms with Gasteiger partial charge in [0.25, 0.3) is 5.56 Å². The predicted molar refractivity (Wildman–Crippen MR) is 73.8 cm³/mol. The molecule has 0 aliphatic heterocycles. The Morgan fingerprint density at radius 2 is 2.05 bits per heavy atom. The number of hydrogen-bond acceptors (Lipinski definition) is 2. The molecule has 1 fully saturated rings. The van der Waals surface area contributed by atoms with Crippen molar-refractivity contribution >= 4 is 5.91 Å². The average molecular weight is 265 g/mol. The van der Waals surface area contributed by atoms with Gasteiger partial charge < -0.3 is 5.32 Å². The van der Waals surface area contributed by atoms with Crippen LogP contribution in [0.3, 0.4) is 0 Å². The predicted octanol–water partition coefficient (Wildman–Crippen LogP) is 1.56. The van der Waals surface area contributed by atoms with E-state index in [0.717, 1.165) is 12.2 Å². The van der Waals surface area contributed by atoms with Crippen molar-refractivity contribution in [1.29, 1.82) is 0 Å². The lowest BCUT2D eigenvalue weighted by atomic mass is 9.95. The number of hydrogen-bond donors (Lipinski definition) is 2. The van der Waals surface area contributed by atoms with Gasteiger partial charge in [0.1, 0.15) is 0 Å². The van der Waals surface area contributed by atoms with E-state index in [4.69, 9.17) is 0 Å². The Balaban J connectivity index is 2.05. The fourth-order valence-electron chi connectivity index (χ4n) is 1.98. The number of nitrogens with one attached hydrogen (secondary N) is 2. The minimum absolute atomic E-state index is 0.0405. The fourth-order valence-corrected chi connectivity index (χ4v) is 1.98. The summed E-state index contributed by atoms with van der Waals surface area (Å²) in [6.07, 6.45) is 2.49. The number of aromatic nitrogens is 2. The Morgan fingerprint density at radius 1 is 1.42 bits per heavy atom. The quantitative estimate of drug-likeness (QED) is 0.867. The van der Waals surface area contributed by atoms with E-state index >= 15 is 0 Å². The lowest BCUT2D eigenvalue weighted by Gasteiger charge is -2.17. The molecule has 2 rings (SSSR count). The summed E-state index contributed by atoms with van der Waals surface area (Å²) in [6, 6.07) is 0. The molecule has 1 saturated carbocycles. The van der Waals surface area contributed by atoms with Crippen LogP contribution in [0.2, 0.25) is 0 Å². The van der Waals surface area contributed by atoms with Crippen molar-refractivity contribution in [3.05, 3.63) is 21.6 Å². The molecule has 1 aliphatic rings. The maximum Gasteiger partial charge on any atom is 0.269 e. The van der Waals surface area contributed by atoms with E-state index in [9.17, 15) is 9.59 Å². The van der Waals surface area contributed by atoms with Crippen LogP contribution in [0.5, 0.6) is 0 Å². The van der Waals surface area contributed by atoms with Gasteiger partial charge in [-0.1, -0.05) is 20.8 Å². The Labute approximate surface area is 113 Å². The van der Waals surface area contributed by atoms with Crippen molar-refractivity contribution < 1.29 is 4.79 Å². The molecule has 5 heteroatoms. The van der Waals surface area contributed by atoms with Gasteiger partial charge in [0.05, 0.1) is 12.1 Å². The summed E-state index contributed by atoms with van der Waals surface area (Å²) in [5.41, 5.74) is 1.08. The first-order valence-electron chi connectivity index (χ1n) is 6.85. The van der Waals surface area contributed by atoms with E-state index < -0.39 is 5.41 Å². The highest BCUT2D eigenvalue weighted by atomic mass is 16.2. The highest BCUT2D eigenvalue weighted by Crippen LogP contribution is 2.30. The maximum absolute atomic E-state index is 11.9. The maximum atomic E-state index is 11.9. The largest absolute Gasteiger partial charge is 0.351 e. The first-order chi connectivity index (χ1) is 8.79. The molecule has 0 bridgehead atoms. The summed E-state index contributed by atoms with van der Waals surface area (Å²) in [7, 11) is 0. The number of carbonyl (C=O) groups is 1. The summed E-state index contributed by atoms with van der Waals surface area (Å²) < 4.78 is 1.92. The molecular formula is C14H23N3O2. The molecule has 1 amide bonds. The zero-order valence-corrected chi connectivity index (χ0v) is 12.2. The number of carbonyl (C=O) groups excluding carboxylic acids is 1. The van der Waals surface area contributed by atoms with Crippen LogP contribution < -0.4 is 10.9 Å². The van der Waals surface area contributed by atoms with Gasteiger partial charge in [0.2, 0.25) is 5.91 Å². The molecule has 0 spiro atoms. The average Bonchev–Trinajstić information content (AvgIpc) is 3.05. The topological polar surface area (TPSA) is 66.9 Å². The molecule has 1 aromatic rings. The van der Waals surface area contributed by atoms with Gasteiger partial charge in [-0.2, -0.15) is 0 Å². The standard InChI is InChI=1S/C14H23N3O2/c1-9-11(7-15-13(19)14(2,3)4)12(18)16-17(9)8-10-5-6-10/h10H,5-8H2,1-4H3,(H,15,19)(H,16,18). The van der Waals surface area contributed by atoms with Crippen molar-refractivity contribution in [1.82, 2.24) is 15.1 Å². The Hall–Kier alpha value is -1.52. The van der Waals surface area contributed by atoms with Crippen molar-refractivity contribution in [3.8, 4) is 0 Å². The molecule has 106 valence electrons. The third-order valence-corrected chi connectivity index (χ3v) is 3.60. The molecule has 1 aliphatic carbocycles. The van der Waals surface area contributed by atoms with Crippen molar-refractivity contribution in [3.63, 3.8) is 0 Å². The number of aromatic amines is 1. The molecule has 5 nitrogen and oxygen atoms in total. The first kappa shape index (κ1) is 13.9. The van der Waals surface area contributed by atoms with E-state index in [1.807, 2.05) is 32.4 Å². The third-order valence-electron chi connectivity index (χ3n) is 3.60. The summed E-state index contributed by atoms with van der Waals surface area (Å²) in [4.78, 5) is 23.7. The van der Waals surface area contributed by atoms with Crippen LogP contribution in [0.1, 0.15) is 44.9 Å². The van der Waals surface area contributed by atoms with E-state index in [1.54, 1.807) is 0 Å². The van der Waals surface area contributed by atoms with Gasteiger partial charge in [-0.15, -0.1) is 0 Å². The Bertz CT molecular complexity index is 530. The minimum Gasteiger partial charge on any atom is -0.351 e. The first-order valence-corrected chi connectivity index (χ1v) is 6.85. The lowest BCUT2D eigenvalue weighted by molar-refractivity contribution is -0.128. The number of rotatable bonds is 4. The second kappa shape index (κ2) is 4.87. The lowest BCUT2D eigenvalue weighted by Crippen LogP contribution is -2.35. The molecule has 0 saturated heterocycles. The van der Waals surface area contributed by atoms with E-state index in [2.05, 4.69) is 10.4 Å². The summed E-state index contributed by atoms with van der Waals surface area (Å²) in [5, 5.41) is 5.69. The smallest absolute Gasteiger partial charge is 0.269 e. The van der Waals surface area contributed by atoms with Crippen LogP contribution in [0.15, 0.2) is 4.79 Å². The van der Waals surface area contributed by atoms with Gasteiger partial charge in [-0.25, -0.2) is 0 Å². The molecule has 0 aromatic carbocycles. The van der Waals surface area contributed by atoms with Gasteiger partial charge in [0.15, 0.2) is 0 Å². The molecule has 1 heterocycles. The second-order valence-corrected chi connectivity index (χ2v) is 6.49. The third kappa shape index (κ3) is 3.28. The highest BCUT2D eigenvalue weighted by molar-refractivity contribution is 5.81. The zero-order chi connectivity index (χ0) is 14.2. The van der Waals surface area contributed by atoms with Gasteiger partial charge in [-0.3, -0.25) is 19.4 Å². The molecule has 0 unspecified atom stereocenters. The number of amides is 1. The van der Waals surface area contributed by atoms with Gasteiger partial charge in [-0.05, 0) is 25.7 Å². The minimum atomic E-state index is -0.433. The Morgan fingerprint density at radius 3 is 2.58 bits per heavy atom. The van der Waals surface area contributed by atoms with Crippen molar-refractivity contribution in [2.45, 2.75) is 53.6 Å². The van der Waals surface area contributed by atoms with Crippen molar-refractivity contribution in [2.75, 3.05) is 0 Å². The van der Waals surface area contributed by atoms with Crippen LogP contribution in [0.25, 0.3) is 0 Å². The SMILES string of the molecule is Cc1c(CNC(=O)C(C)(C)C)c(=O)[nH]n1CC1CC1. The highest BCUT2D eigenvalue weighted by Gasteiger charge is 2.25. The second-order valence-electron chi connectivity index (χ2n) is 6.49. The number of nitrogens with zero attached hydrogens (tertiary/aromatic N) is 1. The molecule has 1 aromatic heterocycles. The normalized spacial score (nSPS) is 15.6. The van der Waals surface area contributed by atoms with Crippen molar-refractivity contribution in [2.24, 2.45) is 11.3 Å². The van der Waals surface area contributed by atoms with Crippen LogP contribution in [-0.2, 0) is 17.9 Å². The molecule has 0 radical (unpaired) electrons. The van der Waals surface area contributed by atoms with E-state index in [0.29, 0.717) is 18.0 Å². The van der Waals surface area contributed by atoms with E-state index in [1.165, 1.54) is 12.8 Å². The summed E-state index contributed by atoms with van der Waals surface area (Å²) in [5.74, 6) is 0.667. The van der Waals surface area contributed by atoms with E-state index in [-0.39, 0.29) is 11.5 Å². The fraction of sp³-hybridized carbons (Fsp3) is 0.714. The number of H-pyrrole nitrogens is 1. The molecule has 2 N–H and O–H groups in total. The van der Waals surface area contributed by atoms with Crippen LogP contribution in [-0.4, -0.2) is 15.7 Å². The monoisotopic (exact) mass is 265 g/mol. The zero-order valence-electron chi connectivity index (χ0n) is 12.2. The summed E-state index contributed by atoms with van der Waals surface area (Å²) >= 11 is 0. The molecule has 19 heavy (non-hydrogen) atoms. The van der Waals surface area contributed by atoms with Crippen LogP contribution in [0, 0.1) is 18.3 Å². The van der Waals surface area contributed by atoms with Gasteiger partial charge >= 0.3 is 0 Å². The molecular weight excluding hydrogens is 242 g/mol. The van der Waals surface area contributed by atoms with Crippen LogP contribution >= 0.6 is 0 Å². The summed E-state index contributed by atoms with van der Waals surface area (Å²) in [6.45, 7) is 8.69. The van der Waals surface area contributed by atoms with Crippen LogP contribution in [0.4, 0.5) is 0 Å². The Kier molecular flexibility index (Phi) is 3.56. The van der Waals surface area contributed by atoms with Gasteiger partial charge in [0, 0.05) is 17.7 Å².